The molecule has 0 atom stereocenters. The number of likely N-dealkylation sites (N-methyl/N-ethyl adjacent to an activating group) is 1. The summed E-state index contributed by atoms with van der Waals surface area (Å²) in [5.41, 5.74) is 2.82. The Bertz CT molecular complexity index is 607. The predicted octanol–water partition coefficient (Wildman–Crippen LogP) is 3.19. The summed E-state index contributed by atoms with van der Waals surface area (Å²) in [4.78, 5) is 6.95. The van der Waals surface area contributed by atoms with Crippen molar-refractivity contribution in [3.8, 4) is 11.4 Å². The van der Waals surface area contributed by atoms with E-state index in [1.165, 1.54) is 0 Å². The van der Waals surface area contributed by atoms with Crippen LogP contribution in [0.4, 0.5) is 8.78 Å². The lowest BCUT2D eigenvalue weighted by atomic mass is 10.1. The van der Waals surface area contributed by atoms with Crippen molar-refractivity contribution in [1.82, 2.24) is 14.5 Å². The van der Waals surface area contributed by atoms with Crippen LogP contribution in [0, 0.1) is 0 Å². The number of rotatable bonds is 4. The third-order valence-electron chi connectivity index (χ3n) is 3.99. The van der Waals surface area contributed by atoms with Crippen molar-refractivity contribution in [1.29, 1.82) is 0 Å². The minimum Gasteiger partial charge on any atom is -0.322 e. The fourth-order valence-corrected chi connectivity index (χ4v) is 2.91. The van der Waals surface area contributed by atoms with E-state index in [2.05, 4.69) is 16.8 Å². The molecule has 2 aromatic rings. The average molecular weight is 291 g/mol. The number of halogens is 2. The Morgan fingerprint density at radius 3 is 2.67 bits per heavy atom. The Balaban J connectivity index is 2.05. The SMILES string of the molecule is CCN1CCc2c(nc(-c3ccccc3)n2CC(F)F)C1. The first-order valence-corrected chi connectivity index (χ1v) is 7.33. The van der Waals surface area contributed by atoms with Crippen molar-refractivity contribution in [2.45, 2.75) is 32.9 Å². The van der Waals surface area contributed by atoms with Crippen molar-refractivity contribution in [3.63, 3.8) is 0 Å². The van der Waals surface area contributed by atoms with Gasteiger partial charge >= 0.3 is 0 Å². The van der Waals surface area contributed by atoms with Gasteiger partial charge in [-0.3, -0.25) is 4.90 Å². The van der Waals surface area contributed by atoms with Crippen molar-refractivity contribution in [2.75, 3.05) is 13.1 Å². The quantitative estimate of drug-likeness (QED) is 0.862. The van der Waals surface area contributed by atoms with E-state index in [4.69, 9.17) is 0 Å². The molecule has 1 aliphatic heterocycles. The van der Waals surface area contributed by atoms with Crippen LogP contribution in [0.2, 0.25) is 0 Å². The van der Waals surface area contributed by atoms with Crippen molar-refractivity contribution >= 4 is 0 Å². The summed E-state index contributed by atoms with van der Waals surface area (Å²) in [6.45, 7) is 4.45. The van der Waals surface area contributed by atoms with Crippen LogP contribution in [0.25, 0.3) is 11.4 Å². The fourth-order valence-electron chi connectivity index (χ4n) is 2.91. The van der Waals surface area contributed by atoms with Gasteiger partial charge in [-0.05, 0) is 6.54 Å². The molecule has 0 unspecified atom stereocenters. The lowest BCUT2D eigenvalue weighted by molar-refractivity contribution is 0.125. The van der Waals surface area contributed by atoms with Gasteiger partial charge in [0.15, 0.2) is 0 Å². The van der Waals surface area contributed by atoms with E-state index < -0.39 is 6.43 Å². The molecule has 3 rings (SSSR count). The minimum atomic E-state index is -2.37. The molecular weight excluding hydrogens is 272 g/mol. The van der Waals surface area contributed by atoms with Crippen molar-refractivity contribution in [2.24, 2.45) is 0 Å². The number of fused-ring (bicyclic) bond motifs is 1. The summed E-state index contributed by atoms with van der Waals surface area (Å²) in [6.07, 6.45) is -1.58. The van der Waals surface area contributed by atoms with Crippen LogP contribution in [0.1, 0.15) is 18.3 Å². The first-order valence-electron chi connectivity index (χ1n) is 7.33. The van der Waals surface area contributed by atoms with Gasteiger partial charge in [0.2, 0.25) is 0 Å². The highest BCUT2D eigenvalue weighted by atomic mass is 19.3. The van der Waals surface area contributed by atoms with Gasteiger partial charge in [0.05, 0.1) is 12.2 Å². The highest BCUT2D eigenvalue weighted by Crippen LogP contribution is 2.27. The molecule has 0 radical (unpaired) electrons. The molecule has 3 nitrogen and oxygen atoms in total. The predicted molar refractivity (Wildman–Crippen MR) is 78.3 cm³/mol. The zero-order valence-corrected chi connectivity index (χ0v) is 12.1. The lowest BCUT2D eigenvalue weighted by Gasteiger charge is -2.25. The lowest BCUT2D eigenvalue weighted by Crippen LogP contribution is -2.31. The number of hydrogen-bond acceptors (Lipinski definition) is 2. The number of imidazole rings is 1. The van der Waals surface area contributed by atoms with Crippen molar-refractivity contribution in [3.05, 3.63) is 41.7 Å². The molecule has 0 fully saturated rings. The normalized spacial score (nSPS) is 15.4. The second-order valence-electron chi connectivity index (χ2n) is 5.32. The molecule has 0 saturated heterocycles. The standard InChI is InChI=1S/C16H19F2N3/c1-2-20-9-8-14-13(10-20)19-16(21(14)11-15(17)18)12-6-4-3-5-7-12/h3-7,15H,2,8-11H2,1H3. The maximum absolute atomic E-state index is 12.9. The van der Waals surface area contributed by atoms with Crippen LogP contribution in [-0.4, -0.2) is 34.0 Å². The van der Waals surface area contributed by atoms with Crippen LogP contribution < -0.4 is 0 Å². The van der Waals surface area contributed by atoms with Gasteiger partial charge in [-0.25, -0.2) is 13.8 Å². The zero-order valence-electron chi connectivity index (χ0n) is 12.1. The Labute approximate surface area is 123 Å². The van der Waals surface area contributed by atoms with Crippen LogP contribution in [-0.2, 0) is 19.5 Å². The number of benzene rings is 1. The topological polar surface area (TPSA) is 21.1 Å². The molecule has 1 aromatic heterocycles. The van der Waals surface area contributed by atoms with Gasteiger partial charge in [0, 0.05) is 30.8 Å². The Hall–Kier alpha value is -1.75. The molecule has 0 aliphatic carbocycles. The summed E-state index contributed by atoms with van der Waals surface area (Å²) in [7, 11) is 0. The summed E-state index contributed by atoms with van der Waals surface area (Å²) < 4.78 is 27.6. The summed E-state index contributed by atoms with van der Waals surface area (Å²) in [5, 5.41) is 0. The Morgan fingerprint density at radius 2 is 2.00 bits per heavy atom. The molecule has 0 saturated carbocycles. The third-order valence-corrected chi connectivity index (χ3v) is 3.99. The smallest absolute Gasteiger partial charge is 0.256 e. The van der Waals surface area contributed by atoms with Gasteiger partial charge in [-0.15, -0.1) is 0 Å². The second kappa shape index (κ2) is 5.93. The number of alkyl halides is 2. The highest BCUT2D eigenvalue weighted by molar-refractivity contribution is 5.57. The first kappa shape index (κ1) is 14.2. The first-order chi connectivity index (χ1) is 10.2. The van der Waals surface area contributed by atoms with E-state index in [-0.39, 0.29) is 6.54 Å². The number of aromatic nitrogens is 2. The van der Waals surface area contributed by atoms with Crippen LogP contribution in [0.15, 0.2) is 30.3 Å². The molecule has 0 spiro atoms. The summed E-state index contributed by atoms with van der Waals surface area (Å²) in [5.74, 6) is 0.666. The molecule has 1 aromatic carbocycles. The molecule has 5 heteroatoms. The number of hydrogen-bond donors (Lipinski definition) is 0. The monoisotopic (exact) mass is 291 g/mol. The molecule has 21 heavy (non-hydrogen) atoms. The average Bonchev–Trinajstić information content (AvgIpc) is 2.85. The molecule has 112 valence electrons. The molecule has 0 bridgehead atoms. The van der Waals surface area contributed by atoms with E-state index in [0.29, 0.717) is 5.82 Å². The van der Waals surface area contributed by atoms with E-state index in [0.717, 1.165) is 43.0 Å². The minimum absolute atomic E-state index is 0.279. The molecule has 0 amide bonds. The zero-order chi connectivity index (χ0) is 14.8. The third kappa shape index (κ3) is 2.83. The van der Waals surface area contributed by atoms with E-state index >= 15 is 0 Å². The van der Waals surface area contributed by atoms with Gasteiger partial charge in [-0.1, -0.05) is 37.3 Å². The fraction of sp³-hybridized carbons (Fsp3) is 0.438. The van der Waals surface area contributed by atoms with Gasteiger partial charge in [0.1, 0.15) is 5.82 Å². The Morgan fingerprint density at radius 1 is 1.24 bits per heavy atom. The Kier molecular flexibility index (Phi) is 4.01. The maximum Gasteiger partial charge on any atom is 0.256 e. The maximum atomic E-state index is 12.9. The summed E-state index contributed by atoms with van der Waals surface area (Å²) in [6, 6.07) is 9.59. The molecule has 1 aliphatic rings. The van der Waals surface area contributed by atoms with E-state index in [9.17, 15) is 8.78 Å². The largest absolute Gasteiger partial charge is 0.322 e. The van der Waals surface area contributed by atoms with Gasteiger partial charge in [-0.2, -0.15) is 0 Å². The van der Waals surface area contributed by atoms with Crippen LogP contribution in [0.3, 0.4) is 0 Å². The number of nitrogens with zero attached hydrogens (tertiary/aromatic N) is 3. The second-order valence-corrected chi connectivity index (χ2v) is 5.32. The molecule has 0 N–H and O–H groups in total. The highest BCUT2D eigenvalue weighted by Gasteiger charge is 2.25. The van der Waals surface area contributed by atoms with Gasteiger partial charge in [0.25, 0.3) is 6.43 Å². The summed E-state index contributed by atoms with van der Waals surface area (Å²) >= 11 is 0. The van der Waals surface area contributed by atoms with Crippen molar-refractivity contribution < 1.29 is 8.78 Å². The molecular formula is C16H19F2N3. The van der Waals surface area contributed by atoms with Crippen LogP contribution in [0.5, 0.6) is 0 Å². The van der Waals surface area contributed by atoms with E-state index in [1.807, 2.05) is 30.3 Å². The van der Waals surface area contributed by atoms with Crippen LogP contribution >= 0.6 is 0 Å². The van der Waals surface area contributed by atoms with E-state index in [1.54, 1.807) is 4.57 Å². The van der Waals surface area contributed by atoms with Gasteiger partial charge < -0.3 is 4.57 Å². The molecule has 2 heterocycles.